The molecule has 0 fully saturated rings. The number of para-hydroxylation sites is 1. The molecule has 0 radical (unpaired) electrons. The number of hydrogen-bond acceptors (Lipinski definition) is 11. The highest BCUT2D eigenvalue weighted by Crippen LogP contribution is 2.10. The number of ether oxygens (including phenoxy) is 10. The van der Waals surface area contributed by atoms with Gasteiger partial charge in [0.2, 0.25) is 0 Å². The van der Waals surface area contributed by atoms with E-state index in [0.29, 0.717) is 130 Å². The Bertz CT molecular complexity index is 852. The van der Waals surface area contributed by atoms with Crippen LogP contribution in [0.1, 0.15) is 10.4 Å². The van der Waals surface area contributed by atoms with Gasteiger partial charge in [-0.15, -0.1) is 0 Å². The molecule has 0 unspecified atom stereocenters. The van der Waals surface area contributed by atoms with Crippen molar-refractivity contribution in [1.29, 1.82) is 0 Å². The molecule has 236 valence electrons. The third-order valence-corrected chi connectivity index (χ3v) is 5.36. The van der Waals surface area contributed by atoms with E-state index in [2.05, 4.69) is 0 Å². The van der Waals surface area contributed by atoms with Gasteiger partial charge in [0.25, 0.3) is 0 Å². The lowest BCUT2D eigenvalue weighted by molar-refractivity contribution is -0.0241. The maximum absolute atomic E-state index is 10.6. The van der Waals surface area contributed by atoms with Crippen molar-refractivity contribution in [3.63, 3.8) is 0 Å². The summed E-state index contributed by atoms with van der Waals surface area (Å²) in [6.07, 6.45) is 0.799. The molecule has 0 spiro atoms. The van der Waals surface area contributed by atoms with E-state index in [1.54, 1.807) is 24.3 Å². The molecular weight excluding hydrogens is 548 g/mol. The lowest BCUT2D eigenvalue weighted by Gasteiger charge is -2.09. The van der Waals surface area contributed by atoms with Crippen molar-refractivity contribution in [2.24, 2.45) is 0 Å². The van der Waals surface area contributed by atoms with E-state index >= 15 is 0 Å². The van der Waals surface area contributed by atoms with Crippen molar-refractivity contribution in [2.45, 2.75) is 0 Å². The second-order valence-electron chi connectivity index (χ2n) is 8.60. The number of hydrogen-bond donors (Lipinski definition) is 0. The topological polar surface area (TPSA) is 109 Å². The standard InChI is InChI=1S/C31H46O11/c32-28-29-6-8-31(9-7-29)42-27-25-40-23-21-38-19-17-36-15-13-34-11-10-33-12-14-35-16-18-37-20-22-39-24-26-41-30-4-2-1-3-5-30/h1-9,28H,10-27H2. The minimum atomic E-state index is 0.433. The zero-order valence-electron chi connectivity index (χ0n) is 24.5. The van der Waals surface area contributed by atoms with Crippen LogP contribution < -0.4 is 9.47 Å². The number of carbonyl (C=O) groups is 1. The van der Waals surface area contributed by atoms with Crippen molar-refractivity contribution in [3.05, 3.63) is 60.2 Å². The quantitative estimate of drug-likeness (QED) is 0.0983. The van der Waals surface area contributed by atoms with E-state index in [9.17, 15) is 4.79 Å². The van der Waals surface area contributed by atoms with Gasteiger partial charge in [0.1, 0.15) is 31.0 Å². The van der Waals surface area contributed by atoms with Crippen LogP contribution in [0.2, 0.25) is 0 Å². The highest BCUT2D eigenvalue weighted by Gasteiger charge is 1.97. The van der Waals surface area contributed by atoms with Crippen LogP contribution in [0.3, 0.4) is 0 Å². The summed E-state index contributed by atoms with van der Waals surface area (Å²) >= 11 is 0. The molecule has 2 rings (SSSR count). The first-order valence-corrected chi connectivity index (χ1v) is 14.4. The largest absolute Gasteiger partial charge is 0.491 e. The molecule has 42 heavy (non-hydrogen) atoms. The van der Waals surface area contributed by atoms with Crippen molar-refractivity contribution in [1.82, 2.24) is 0 Å². The van der Waals surface area contributed by atoms with Crippen LogP contribution in [0.5, 0.6) is 11.5 Å². The van der Waals surface area contributed by atoms with Crippen LogP contribution >= 0.6 is 0 Å². The third-order valence-electron chi connectivity index (χ3n) is 5.36. The fourth-order valence-electron chi connectivity index (χ4n) is 3.24. The van der Waals surface area contributed by atoms with Gasteiger partial charge in [-0.2, -0.15) is 0 Å². The minimum absolute atomic E-state index is 0.433. The lowest BCUT2D eigenvalue weighted by atomic mass is 10.2. The van der Waals surface area contributed by atoms with Crippen LogP contribution in [0.4, 0.5) is 0 Å². The Morgan fingerprint density at radius 2 is 0.643 bits per heavy atom. The van der Waals surface area contributed by atoms with Gasteiger partial charge < -0.3 is 47.4 Å². The molecule has 2 aromatic carbocycles. The summed E-state index contributed by atoms with van der Waals surface area (Å²) in [4.78, 5) is 10.6. The van der Waals surface area contributed by atoms with Crippen molar-refractivity contribution >= 4 is 6.29 Å². The Morgan fingerprint density at radius 3 is 0.952 bits per heavy atom. The van der Waals surface area contributed by atoms with Gasteiger partial charge in [-0.3, -0.25) is 4.79 Å². The smallest absolute Gasteiger partial charge is 0.150 e. The highest BCUT2D eigenvalue weighted by atomic mass is 16.6. The molecule has 0 N–H and O–H groups in total. The van der Waals surface area contributed by atoms with E-state index < -0.39 is 0 Å². The van der Waals surface area contributed by atoms with Crippen LogP contribution in [0, 0.1) is 0 Å². The SMILES string of the molecule is O=Cc1ccc(OCCOCCOCCOCCOCCOCCOCCOCCOCCOc2ccccc2)cc1. The summed E-state index contributed by atoms with van der Waals surface area (Å²) in [5.41, 5.74) is 0.619. The Kier molecular flexibility index (Phi) is 23.1. The van der Waals surface area contributed by atoms with E-state index in [4.69, 9.17) is 47.4 Å². The molecule has 0 aliphatic heterocycles. The second kappa shape index (κ2) is 27.2. The van der Waals surface area contributed by atoms with Gasteiger partial charge in [-0.1, -0.05) is 18.2 Å². The summed E-state index contributed by atoms with van der Waals surface area (Å²) in [5.74, 6) is 1.55. The fraction of sp³-hybridized carbons (Fsp3) is 0.581. The molecule has 0 saturated carbocycles. The molecule has 0 atom stereocenters. The van der Waals surface area contributed by atoms with Crippen LogP contribution in [-0.2, 0) is 37.9 Å². The summed E-state index contributed by atoms with van der Waals surface area (Å²) in [6.45, 7) is 9.01. The minimum Gasteiger partial charge on any atom is -0.491 e. The first-order chi connectivity index (χ1) is 20.9. The number of carbonyl (C=O) groups excluding carboxylic acids is 1. The predicted molar refractivity (Wildman–Crippen MR) is 156 cm³/mol. The van der Waals surface area contributed by atoms with Crippen molar-refractivity contribution in [2.75, 3.05) is 119 Å². The van der Waals surface area contributed by atoms with Gasteiger partial charge >= 0.3 is 0 Å². The molecule has 0 bridgehead atoms. The summed E-state index contributed by atoms with van der Waals surface area (Å²) in [7, 11) is 0. The first-order valence-electron chi connectivity index (χ1n) is 14.4. The Labute approximate surface area is 249 Å². The molecule has 0 aromatic heterocycles. The zero-order valence-corrected chi connectivity index (χ0v) is 24.5. The summed E-state index contributed by atoms with van der Waals surface area (Å²) in [6, 6.07) is 16.6. The second-order valence-corrected chi connectivity index (χ2v) is 8.60. The average molecular weight is 595 g/mol. The van der Waals surface area contributed by atoms with E-state index in [1.807, 2.05) is 30.3 Å². The molecular formula is C31H46O11. The lowest BCUT2D eigenvalue weighted by Crippen LogP contribution is -2.15. The first kappa shape index (κ1) is 35.6. The maximum Gasteiger partial charge on any atom is 0.150 e. The van der Waals surface area contributed by atoms with Gasteiger partial charge in [0, 0.05) is 5.56 Å². The molecule has 0 amide bonds. The van der Waals surface area contributed by atoms with E-state index in [-0.39, 0.29) is 0 Å². The number of benzene rings is 2. The third kappa shape index (κ3) is 21.1. The maximum atomic E-state index is 10.6. The molecule has 11 nitrogen and oxygen atoms in total. The van der Waals surface area contributed by atoms with Crippen LogP contribution in [-0.4, -0.2) is 125 Å². The van der Waals surface area contributed by atoms with E-state index in [0.717, 1.165) is 12.0 Å². The monoisotopic (exact) mass is 594 g/mol. The molecule has 11 heteroatoms. The van der Waals surface area contributed by atoms with Gasteiger partial charge in [0.05, 0.1) is 106 Å². The molecule has 0 heterocycles. The average Bonchev–Trinajstić information content (AvgIpc) is 3.03. The Morgan fingerprint density at radius 1 is 0.357 bits per heavy atom. The van der Waals surface area contributed by atoms with Crippen molar-refractivity contribution < 1.29 is 52.2 Å². The number of aldehydes is 1. The van der Waals surface area contributed by atoms with E-state index in [1.165, 1.54) is 0 Å². The summed E-state index contributed by atoms with van der Waals surface area (Å²) < 4.78 is 54.8. The molecule has 0 aliphatic carbocycles. The number of rotatable bonds is 30. The van der Waals surface area contributed by atoms with Crippen molar-refractivity contribution in [3.8, 4) is 11.5 Å². The summed E-state index contributed by atoms with van der Waals surface area (Å²) in [5, 5.41) is 0. The predicted octanol–water partition coefficient (Wildman–Crippen LogP) is 3.09. The molecule has 2 aromatic rings. The molecule has 0 saturated heterocycles. The zero-order chi connectivity index (χ0) is 29.6. The Hall–Kier alpha value is -2.61. The van der Waals surface area contributed by atoms with Gasteiger partial charge in [-0.05, 0) is 36.4 Å². The fourth-order valence-corrected chi connectivity index (χ4v) is 3.24. The Balaban J connectivity index is 1.17. The van der Waals surface area contributed by atoms with Gasteiger partial charge in [-0.25, -0.2) is 0 Å². The molecule has 0 aliphatic rings. The highest BCUT2D eigenvalue weighted by molar-refractivity contribution is 5.74. The van der Waals surface area contributed by atoms with Crippen LogP contribution in [0.25, 0.3) is 0 Å². The van der Waals surface area contributed by atoms with Gasteiger partial charge in [0.15, 0.2) is 0 Å². The normalized spacial score (nSPS) is 11.0. The van der Waals surface area contributed by atoms with Crippen LogP contribution in [0.15, 0.2) is 54.6 Å².